The van der Waals surface area contributed by atoms with Crippen molar-refractivity contribution in [3.05, 3.63) is 21.6 Å². The molecule has 1 atom stereocenters. The third-order valence-electron chi connectivity index (χ3n) is 4.18. The molecule has 1 aliphatic heterocycles. The Bertz CT molecular complexity index is 540. The highest BCUT2D eigenvalue weighted by Crippen LogP contribution is 2.30. The normalized spacial score (nSPS) is 23.2. The molecule has 3 rings (SSSR count). The van der Waals surface area contributed by atoms with E-state index in [-0.39, 0.29) is 5.56 Å². The van der Waals surface area contributed by atoms with Gasteiger partial charge in [-0.05, 0) is 44.7 Å². The van der Waals surface area contributed by atoms with Gasteiger partial charge in [0.05, 0.1) is 11.2 Å². The van der Waals surface area contributed by atoms with Gasteiger partial charge < -0.3 is 10.2 Å². The van der Waals surface area contributed by atoms with Crippen LogP contribution in [0.2, 0.25) is 5.02 Å². The predicted molar refractivity (Wildman–Crippen MR) is 80.3 cm³/mol. The van der Waals surface area contributed by atoms with Crippen molar-refractivity contribution in [1.29, 1.82) is 0 Å². The highest BCUT2D eigenvalue weighted by atomic mass is 35.5. The minimum absolute atomic E-state index is 0.0873. The SMILES string of the molecule is CN1CCC(CNc2c(Cl)cnn(CC3CC3)c2=O)C1. The highest BCUT2D eigenvalue weighted by Gasteiger charge is 2.24. The zero-order chi connectivity index (χ0) is 14.1. The fraction of sp³-hybridized carbons (Fsp3) is 0.714. The standard InChI is InChI=1S/C14H21ClN4O/c1-18-5-4-11(8-18)6-16-13-12(15)7-17-19(14(13)20)9-10-2-3-10/h7,10-11,16H,2-6,8-9H2,1H3. The zero-order valence-corrected chi connectivity index (χ0v) is 12.6. The molecule has 5 nitrogen and oxygen atoms in total. The van der Waals surface area contributed by atoms with Crippen molar-refractivity contribution in [1.82, 2.24) is 14.7 Å². The van der Waals surface area contributed by atoms with Gasteiger partial charge in [-0.15, -0.1) is 0 Å². The molecule has 1 unspecified atom stereocenters. The van der Waals surface area contributed by atoms with Crippen molar-refractivity contribution in [2.24, 2.45) is 11.8 Å². The summed E-state index contributed by atoms with van der Waals surface area (Å²) in [5, 5.41) is 7.80. The third-order valence-corrected chi connectivity index (χ3v) is 4.47. The summed E-state index contributed by atoms with van der Waals surface area (Å²) in [6, 6.07) is 0. The van der Waals surface area contributed by atoms with E-state index < -0.39 is 0 Å². The number of hydrogen-bond acceptors (Lipinski definition) is 4. The van der Waals surface area contributed by atoms with E-state index in [1.54, 1.807) is 10.9 Å². The molecule has 110 valence electrons. The molecule has 2 fully saturated rings. The maximum atomic E-state index is 12.4. The topological polar surface area (TPSA) is 50.2 Å². The fourth-order valence-corrected chi connectivity index (χ4v) is 2.93. The lowest BCUT2D eigenvalue weighted by molar-refractivity contribution is 0.399. The third kappa shape index (κ3) is 3.15. The number of likely N-dealkylation sites (tertiary alicyclic amines) is 1. The maximum Gasteiger partial charge on any atom is 0.291 e. The van der Waals surface area contributed by atoms with Crippen LogP contribution in [0.4, 0.5) is 5.69 Å². The fourth-order valence-electron chi connectivity index (χ4n) is 2.74. The molecule has 0 spiro atoms. The second-order valence-corrected chi connectivity index (χ2v) is 6.50. The molecule has 0 radical (unpaired) electrons. The van der Waals surface area contributed by atoms with Gasteiger partial charge >= 0.3 is 0 Å². The molecule has 1 N–H and O–H groups in total. The van der Waals surface area contributed by atoms with E-state index in [0.717, 1.165) is 26.2 Å². The van der Waals surface area contributed by atoms with Crippen LogP contribution in [-0.4, -0.2) is 41.4 Å². The Morgan fingerprint density at radius 3 is 2.85 bits per heavy atom. The number of anilines is 1. The molecule has 1 aromatic heterocycles. The van der Waals surface area contributed by atoms with Gasteiger partial charge in [0, 0.05) is 19.6 Å². The Balaban J connectivity index is 1.69. The van der Waals surface area contributed by atoms with Gasteiger partial charge in [-0.25, -0.2) is 4.68 Å². The Labute approximate surface area is 123 Å². The largest absolute Gasteiger partial charge is 0.379 e. The number of hydrogen-bond donors (Lipinski definition) is 1. The lowest BCUT2D eigenvalue weighted by Gasteiger charge is -2.14. The first kappa shape index (κ1) is 13.9. The van der Waals surface area contributed by atoms with Crippen LogP contribution in [0.3, 0.4) is 0 Å². The van der Waals surface area contributed by atoms with Gasteiger partial charge in [0.15, 0.2) is 0 Å². The second-order valence-electron chi connectivity index (χ2n) is 6.10. The first-order valence-electron chi connectivity index (χ1n) is 7.31. The number of nitrogens with one attached hydrogen (secondary N) is 1. The molecule has 6 heteroatoms. The first-order valence-corrected chi connectivity index (χ1v) is 7.69. The number of aromatic nitrogens is 2. The first-order chi connectivity index (χ1) is 9.63. The van der Waals surface area contributed by atoms with Gasteiger partial charge in [0.25, 0.3) is 5.56 Å². The van der Waals surface area contributed by atoms with Gasteiger partial charge in [0.1, 0.15) is 5.69 Å². The summed E-state index contributed by atoms with van der Waals surface area (Å²) in [6.45, 7) is 3.72. The molecular formula is C14H21ClN4O. The number of halogens is 1. The van der Waals surface area contributed by atoms with Crippen molar-refractivity contribution in [2.45, 2.75) is 25.8 Å². The van der Waals surface area contributed by atoms with E-state index in [2.05, 4.69) is 22.4 Å². The molecule has 0 bridgehead atoms. The lowest BCUT2D eigenvalue weighted by atomic mass is 10.1. The number of nitrogens with zero attached hydrogens (tertiary/aromatic N) is 3. The van der Waals surface area contributed by atoms with Crippen molar-refractivity contribution < 1.29 is 0 Å². The van der Waals surface area contributed by atoms with Crippen molar-refractivity contribution >= 4 is 17.3 Å². The monoisotopic (exact) mass is 296 g/mol. The lowest BCUT2D eigenvalue weighted by Crippen LogP contribution is -2.28. The van der Waals surface area contributed by atoms with E-state index in [1.807, 2.05) is 0 Å². The summed E-state index contributed by atoms with van der Waals surface area (Å²) in [5.41, 5.74) is 0.424. The Morgan fingerprint density at radius 2 is 2.20 bits per heavy atom. The summed E-state index contributed by atoms with van der Waals surface area (Å²) < 4.78 is 1.55. The molecule has 1 aliphatic carbocycles. The Morgan fingerprint density at radius 1 is 1.40 bits per heavy atom. The van der Waals surface area contributed by atoms with Crippen LogP contribution in [0.1, 0.15) is 19.3 Å². The van der Waals surface area contributed by atoms with E-state index >= 15 is 0 Å². The van der Waals surface area contributed by atoms with Gasteiger partial charge in [-0.1, -0.05) is 11.6 Å². The quantitative estimate of drug-likeness (QED) is 0.898. The molecule has 1 aromatic rings. The summed E-state index contributed by atoms with van der Waals surface area (Å²) in [4.78, 5) is 14.7. The second kappa shape index (κ2) is 5.74. The van der Waals surface area contributed by atoms with Crippen molar-refractivity contribution in [3.63, 3.8) is 0 Å². The Hall–Kier alpha value is -1.07. The molecule has 2 heterocycles. The Kier molecular flexibility index (Phi) is 3.98. The molecule has 1 saturated heterocycles. The summed E-state index contributed by atoms with van der Waals surface area (Å²) in [7, 11) is 2.13. The maximum absolute atomic E-state index is 12.4. The van der Waals surface area contributed by atoms with E-state index in [4.69, 9.17) is 11.6 Å². The summed E-state index contributed by atoms with van der Waals surface area (Å²) >= 11 is 6.12. The molecule has 1 saturated carbocycles. The van der Waals surface area contributed by atoms with Crippen LogP contribution in [-0.2, 0) is 6.54 Å². The van der Waals surface area contributed by atoms with E-state index in [0.29, 0.717) is 22.5 Å². The zero-order valence-electron chi connectivity index (χ0n) is 11.8. The van der Waals surface area contributed by atoms with Crippen LogP contribution in [0.25, 0.3) is 0 Å². The van der Waals surface area contributed by atoms with Crippen LogP contribution in [0.5, 0.6) is 0 Å². The summed E-state index contributed by atoms with van der Waals surface area (Å²) in [5.74, 6) is 1.21. The van der Waals surface area contributed by atoms with E-state index in [9.17, 15) is 4.79 Å². The van der Waals surface area contributed by atoms with Gasteiger partial charge in [0.2, 0.25) is 0 Å². The van der Waals surface area contributed by atoms with Crippen molar-refractivity contribution in [2.75, 3.05) is 32.0 Å². The van der Waals surface area contributed by atoms with Gasteiger partial charge in [-0.3, -0.25) is 4.79 Å². The van der Waals surface area contributed by atoms with Crippen LogP contribution >= 0.6 is 11.6 Å². The number of rotatable bonds is 5. The van der Waals surface area contributed by atoms with Gasteiger partial charge in [-0.2, -0.15) is 5.10 Å². The average molecular weight is 297 g/mol. The van der Waals surface area contributed by atoms with Crippen LogP contribution in [0.15, 0.2) is 11.0 Å². The highest BCUT2D eigenvalue weighted by molar-refractivity contribution is 6.32. The van der Waals surface area contributed by atoms with Crippen LogP contribution < -0.4 is 10.9 Å². The molecule has 20 heavy (non-hydrogen) atoms. The summed E-state index contributed by atoms with van der Waals surface area (Å²) in [6.07, 6.45) is 5.15. The minimum atomic E-state index is -0.0873. The van der Waals surface area contributed by atoms with E-state index in [1.165, 1.54) is 19.3 Å². The smallest absolute Gasteiger partial charge is 0.291 e. The minimum Gasteiger partial charge on any atom is -0.379 e. The van der Waals surface area contributed by atoms with Crippen LogP contribution in [0, 0.1) is 11.8 Å². The molecular weight excluding hydrogens is 276 g/mol. The molecule has 2 aliphatic rings. The molecule has 0 amide bonds. The average Bonchev–Trinajstić information content (AvgIpc) is 3.14. The predicted octanol–water partition coefficient (Wildman–Crippen LogP) is 1.67. The molecule has 0 aromatic carbocycles. The van der Waals surface area contributed by atoms with Crippen molar-refractivity contribution in [3.8, 4) is 0 Å².